The van der Waals surface area contributed by atoms with E-state index < -0.39 is 5.97 Å². The molecule has 0 fully saturated rings. The smallest absolute Gasteiger partial charge is 0.307 e. The van der Waals surface area contributed by atoms with Gasteiger partial charge in [0.1, 0.15) is 0 Å². The van der Waals surface area contributed by atoms with Crippen molar-refractivity contribution >= 4 is 16.9 Å². The minimum atomic E-state index is -0.801. The SMILES string of the molecule is CCn1cc(CCN)c2cc(CC(=O)O)ccc21. The zero-order valence-electron chi connectivity index (χ0n) is 10.5. The molecule has 0 atom stereocenters. The van der Waals surface area contributed by atoms with Crippen LogP contribution in [0.25, 0.3) is 10.9 Å². The number of aliphatic carboxylic acids is 1. The Morgan fingerprint density at radius 3 is 2.83 bits per heavy atom. The van der Waals surface area contributed by atoms with Gasteiger partial charge in [-0.1, -0.05) is 6.07 Å². The number of nitrogens with zero attached hydrogens (tertiary/aromatic N) is 1. The summed E-state index contributed by atoms with van der Waals surface area (Å²) in [6.45, 7) is 3.60. The summed E-state index contributed by atoms with van der Waals surface area (Å²) in [5.41, 5.74) is 8.80. The highest BCUT2D eigenvalue weighted by Crippen LogP contribution is 2.23. The monoisotopic (exact) mass is 246 g/mol. The van der Waals surface area contributed by atoms with Gasteiger partial charge in [0.25, 0.3) is 0 Å². The minimum Gasteiger partial charge on any atom is -0.481 e. The lowest BCUT2D eigenvalue weighted by atomic mass is 10.1. The molecule has 1 aromatic heterocycles. The first kappa shape index (κ1) is 12.6. The van der Waals surface area contributed by atoms with Crippen molar-refractivity contribution in [1.29, 1.82) is 0 Å². The van der Waals surface area contributed by atoms with Gasteiger partial charge in [-0.15, -0.1) is 0 Å². The van der Waals surface area contributed by atoms with Crippen LogP contribution in [0.15, 0.2) is 24.4 Å². The zero-order valence-corrected chi connectivity index (χ0v) is 10.5. The Labute approximate surface area is 106 Å². The van der Waals surface area contributed by atoms with Gasteiger partial charge in [0.05, 0.1) is 6.42 Å². The molecule has 0 amide bonds. The maximum Gasteiger partial charge on any atom is 0.307 e. The van der Waals surface area contributed by atoms with E-state index in [1.165, 1.54) is 5.56 Å². The number of hydrogen-bond acceptors (Lipinski definition) is 2. The topological polar surface area (TPSA) is 68.2 Å². The van der Waals surface area contributed by atoms with Crippen LogP contribution in [0.4, 0.5) is 0 Å². The molecule has 0 saturated heterocycles. The number of carboxylic acids is 1. The molecule has 0 saturated carbocycles. The molecule has 2 rings (SSSR count). The number of nitrogens with two attached hydrogens (primary N) is 1. The van der Waals surface area contributed by atoms with Gasteiger partial charge in [-0.3, -0.25) is 4.79 Å². The number of aromatic nitrogens is 1. The van der Waals surface area contributed by atoms with Crippen molar-refractivity contribution in [1.82, 2.24) is 4.57 Å². The third-order valence-corrected chi connectivity index (χ3v) is 3.14. The molecule has 18 heavy (non-hydrogen) atoms. The van der Waals surface area contributed by atoms with Crippen LogP contribution in [0.5, 0.6) is 0 Å². The zero-order chi connectivity index (χ0) is 13.1. The van der Waals surface area contributed by atoms with Crippen LogP contribution >= 0.6 is 0 Å². The Morgan fingerprint density at radius 2 is 2.22 bits per heavy atom. The van der Waals surface area contributed by atoms with Gasteiger partial charge in [-0.05, 0) is 43.1 Å². The summed E-state index contributed by atoms with van der Waals surface area (Å²) in [7, 11) is 0. The first-order valence-corrected chi connectivity index (χ1v) is 6.18. The van der Waals surface area contributed by atoms with Crippen LogP contribution < -0.4 is 5.73 Å². The number of carboxylic acid groups (broad SMARTS) is 1. The van der Waals surface area contributed by atoms with Crippen LogP contribution in [-0.4, -0.2) is 22.2 Å². The van der Waals surface area contributed by atoms with E-state index in [-0.39, 0.29) is 6.42 Å². The highest BCUT2D eigenvalue weighted by Gasteiger charge is 2.09. The molecule has 4 heteroatoms. The molecule has 0 bridgehead atoms. The van der Waals surface area contributed by atoms with Crippen LogP contribution in [0.1, 0.15) is 18.1 Å². The molecular formula is C14H18N2O2. The van der Waals surface area contributed by atoms with E-state index in [1.54, 1.807) is 0 Å². The molecule has 0 aliphatic carbocycles. The Hall–Kier alpha value is -1.81. The molecule has 1 aromatic carbocycles. The molecule has 4 nitrogen and oxygen atoms in total. The van der Waals surface area contributed by atoms with Crippen molar-refractivity contribution in [3.8, 4) is 0 Å². The summed E-state index contributed by atoms with van der Waals surface area (Å²) >= 11 is 0. The van der Waals surface area contributed by atoms with Crippen molar-refractivity contribution in [2.24, 2.45) is 5.73 Å². The summed E-state index contributed by atoms with van der Waals surface area (Å²) in [5.74, 6) is -0.801. The summed E-state index contributed by atoms with van der Waals surface area (Å²) in [4.78, 5) is 10.8. The number of carbonyl (C=O) groups is 1. The summed E-state index contributed by atoms with van der Waals surface area (Å²) < 4.78 is 2.17. The van der Waals surface area contributed by atoms with Crippen LogP contribution in [0.3, 0.4) is 0 Å². The lowest BCUT2D eigenvalue weighted by Crippen LogP contribution is -2.02. The molecule has 0 aliphatic rings. The highest BCUT2D eigenvalue weighted by atomic mass is 16.4. The second kappa shape index (κ2) is 5.23. The van der Waals surface area contributed by atoms with Crippen molar-refractivity contribution in [2.75, 3.05) is 6.54 Å². The predicted molar refractivity (Wildman–Crippen MR) is 71.7 cm³/mol. The van der Waals surface area contributed by atoms with Crippen molar-refractivity contribution in [2.45, 2.75) is 26.3 Å². The van der Waals surface area contributed by atoms with E-state index in [9.17, 15) is 4.79 Å². The normalized spacial score (nSPS) is 11.0. The molecular weight excluding hydrogens is 228 g/mol. The fourth-order valence-corrected chi connectivity index (χ4v) is 2.32. The number of hydrogen-bond donors (Lipinski definition) is 2. The van der Waals surface area contributed by atoms with E-state index in [2.05, 4.69) is 17.7 Å². The van der Waals surface area contributed by atoms with E-state index in [1.807, 2.05) is 18.2 Å². The number of rotatable bonds is 5. The van der Waals surface area contributed by atoms with E-state index in [0.29, 0.717) is 6.54 Å². The quantitative estimate of drug-likeness (QED) is 0.845. The predicted octanol–water partition coefficient (Wildman–Crippen LogP) is 1.79. The maximum absolute atomic E-state index is 10.8. The van der Waals surface area contributed by atoms with E-state index >= 15 is 0 Å². The fraction of sp³-hybridized carbons (Fsp3) is 0.357. The number of aryl methyl sites for hydroxylation is 1. The Morgan fingerprint density at radius 1 is 1.44 bits per heavy atom. The molecule has 0 spiro atoms. The van der Waals surface area contributed by atoms with Gasteiger partial charge in [-0.25, -0.2) is 0 Å². The minimum absolute atomic E-state index is 0.0648. The van der Waals surface area contributed by atoms with Gasteiger partial charge >= 0.3 is 5.97 Å². The van der Waals surface area contributed by atoms with Gasteiger partial charge in [0.15, 0.2) is 0 Å². The average Bonchev–Trinajstić information content (AvgIpc) is 2.67. The van der Waals surface area contributed by atoms with Crippen molar-refractivity contribution in [3.63, 3.8) is 0 Å². The molecule has 0 unspecified atom stereocenters. The van der Waals surface area contributed by atoms with Crippen LogP contribution in [-0.2, 0) is 24.2 Å². The molecule has 2 aromatic rings. The third-order valence-electron chi connectivity index (χ3n) is 3.14. The number of benzene rings is 1. The van der Waals surface area contributed by atoms with Crippen molar-refractivity contribution in [3.05, 3.63) is 35.5 Å². The van der Waals surface area contributed by atoms with Gasteiger partial charge in [0.2, 0.25) is 0 Å². The molecule has 1 heterocycles. The Balaban J connectivity index is 2.51. The van der Waals surface area contributed by atoms with Crippen LogP contribution in [0, 0.1) is 0 Å². The molecule has 0 radical (unpaired) electrons. The molecule has 3 N–H and O–H groups in total. The maximum atomic E-state index is 10.8. The van der Waals surface area contributed by atoms with E-state index in [4.69, 9.17) is 10.8 Å². The molecule has 96 valence electrons. The first-order chi connectivity index (χ1) is 8.65. The van der Waals surface area contributed by atoms with E-state index in [0.717, 1.165) is 29.4 Å². The second-order valence-electron chi connectivity index (χ2n) is 4.40. The Kier molecular flexibility index (Phi) is 3.67. The number of fused-ring (bicyclic) bond motifs is 1. The Bertz CT molecular complexity index is 572. The standard InChI is InChI=1S/C14H18N2O2/c1-2-16-9-11(5-6-15)12-7-10(8-14(17)18)3-4-13(12)16/h3-4,7,9H,2,5-6,8,15H2,1H3,(H,17,18). The summed E-state index contributed by atoms with van der Waals surface area (Å²) in [6.07, 6.45) is 3.00. The average molecular weight is 246 g/mol. The first-order valence-electron chi connectivity index (χ1n) is 6.18. The van der Waals surface area contributed by atoms with Gasteiger partial charge < -0.3 is 15.4 Å². The van der Waals surface area contributed by atoms with Gasteiger partial charge in [0, 0.05) is 23.6 Å². The highest BCUT2D eigenvalue weighted by molar-refractivity contribution is 5.85. The lowest BCUT2D eigenvalue weighted by molar-refractivity contribution is -0.136. The summed E-state index contributed by atoms with van der Waals surface area (Å²) in [6, 6.07) is 5.85. The van der Waals surface area contributed by atoms with Crippen LogP contribution in [0.2, 0.25) is 0 Å². The second-order valence-corrected chi connectivity index (χ2v) is 4.40. The summed E-state index contributed by atoms with van der Waals surface area (Å²) in [5, 5.41) is 9.96. The lowest BCUT2D eigenvalue weighted by Gasteiger charge is -2.02. The fourth-order valence-electron chi connectivity index (χ4n) is 2.32. The largest absolute Gasteiger partial charge is 0.481 e. The molecule has 0 aliphatic heterocycles. The van der Waals surface area contributed by atoms with Gasteiger partial charge in [-0.2, -0.15) is 0 Å². The van der Waals surface area contributed by atoms with Crippen molar-refractivity contribution < 1.29 is 9.90 Å². The third kappa shape index (κ3) is 2.38.